The molecule has 1 amide bonds. The fraction of sp³-hybridized carbons (Fsp3) is 0.929. The number of nitrogens with two attached hydrogens (primary N) is 1. The summed E-state index contributed by atoms with van der Waals surface area (Å²) < 4.78 is 5.19. The molecule has 0 aromatic heterocycles. The van der Waals surface area contributed by atoms with E-state index >= 15 is 0 Å². The molecule has 3 atom stereocenters. The van der Waals surface area contributed by atoms with Crippen LogP contribution >= 0.6 is 0 Å². The molecule has 19 heavy (non-hydrogen) atoms. The van der Waals surface area contributed by atoms with Crippen molar-refractivity contribution in [2.45, 2.75) is 63.7 Å². The molecule has 1 saturated heterocycles. The minimum atomic E-state index is -0.748. The maximum Gasteiger partial charge on any atom is 0.410 e. The largest absolute Gasteiger partial charge is 0.441 e. The van der Waals surface area contributed by atoms with E-state index in [4.69, 9.17) is 10.5 Å². The van der Waals surface area contributed by atoms with Crippen LogP contribution in [-0.4, -0.2) is 47.4 Å². The molecular weight excluding hydrogens is 244 g/mol. The maximum atomic E-state index is 11.5. The zero-order chi connectivity index (χ0) is 13.8. The lowest BCUT2D eigenvalue weighted by Gasteiger charge is -2.28. The Morgan fingerprint density at radius 3 is 2.68 bits per heavy atom. The second-order valence-corrected chi connectivity index (χ2v) is 5.86. The molecule has 0 spiro atoms. The van der Waals surface area contributed by atoms with Gasteiger partial charge in [-0.05, 0) is 19.3 Å². The maximum absolute atomic E-state index is 11.5. The van der Waals surface area contributed by atoms with Gasteiger partial charge in [-0.1, -0.05) is 32.1 Å². The molecule has 1 heterocycles. The summed E-state index contributed by atoms with van der Waals surface area (Å²) in [7, 11) is 0. The van der Waals surface area contributed by atoms with Gasteiger partial charge in [0.1, 0.15) is 12.2 Å². The molecule has 2 rings (SSSR count). The van der Waals surface area contributed by atoms with Crippen LogP contribution in [0.25, 0.3) is 0 Å². The van der Waals surface area contributed by atoms with E-state index in [-0.39, 0.29) is 12.1 Å². The first kappa shape index (κ1) is 14.6. The van der Waals surface area contributed by atoms with Crippen LogP contribution in [0.15, 0.2) is 0 Å². The molecule has 0 bridgehead atoms. The van der Waals surface area contributed by atoms with Gasteiger partial charge in [0, 0.05) is 12.6 Å². The standard InChI is InChI=1S/C14H26N2O3/c1-2-16-9-12(19-14(16)18)13(17)11(15)8-10-6-4-3-5-7-10/h10-13,17H,2-9,15H2,1H3/t11?,12-,13?/m0/s1. The highest BCUT2D eigenvalue weighted by Gasteiger charge is 2.38. The van der Waals surface area contributed by atoms with Crippen molar-refractivity contribution >= 4 is 6.09 Å². The van der Waals surface area contributed by atoms with E-state index in [1.165, 1.54) is 32.1 Å². The van der Waals surface area contributed by atoms with E-state index in [0.29, 0.717) is 19.0 Å². The number of hydrogen-bond donors (Lipinski definition) is 2. The number of hydrogen-bond acceptors (Lipinski definition) is 4. The Hall–Kier alpha value is -0.810. The van der Waals surface area contributed by atoms with Gasteiger partial charge in [0.15, 0.2) is 0 Å². The number of carbonyl (C=O) groups excluding carboxylic acids is 1. The van der Waals surface area contributed by atoms with E-state index < -0.39 is 12.2 Å². The van der Waals surface area contributed by atoms with E-state index in [1.54, 1.807) is 4.90 Å². The summed E-state index contributed by atoms with van der Waals surface area (Å²) in [4.78, 5) is 13.1. The van der Waals surface area contributed by atoms with Gasteiger partial charge in [0.25, 0.3) is 0 Å². The van der Waals surface area contributed by atoms with Crippen LogP contribution in [-0.2, 0) is 4.74 Å². The molecule has 2 unspecified atom stereocenters. The van der Waals surface area contributed by atoms with Crippen molar-refractivity contribution in [3.05, 3.63) is 0 Å². The SMILES string of the molecule is CCN1C[C@@H](C(O)C(N)CC2CCCCC2)OC1=O. The molecule has 0 radical (unpaired) electrons. The second-order valence-electron chi connectivity index (χ2n) is 5.86. The number of ether oxygens (including phenoxy) is 1. The van der Waals surface area contributed by atoms with Gasteiger partial charge in [-0.15, -0.1) is 0 Å². The smallest absolute Gasteiger partial charge is 0.410 e. The minimum Gasteiger partial charge on any atom is -0.441 e. The van der Waals surface area contributed by atoms with Gasteiger partial charge in [0.2, 0.25) is 0 Å². The quantitative estimate of drug-likeness (QED) is 0.793. The number of likely N-dealkylation sites (N-methyl/N-ethyl adjacent to an activating group) is 1. The molecule has 1 aliphatic heterocycles. The Balaban J connectivity index is 1.81. The van der Waals surface area contributed by atoms with Gasteiger partial charge >= 0.3 is 6.09 Å². The van der Waals surface area contributed by atoms with E-state index in [2.05, 4.69) is 0 Å². The van der Waals surface area contributed by atoms with Crippen LogP contribution in [0.1, 0.15) is 45.4 Å². The number of cyclic esters (lactones) is 1. The molecule has 1 aliphatic carbocycles. The monoisotopic (exact) mass is 270 g/mol. The van der Waals surface area contributed by atoms with Crippen LogP contribution in [0, 0.1) is 5.92 Å². The van der Waals surface area contributed by atoms with Gasteiger partial charge in [0.05, 0.1) is 6.54 Å². The van der Waals surface area contributed by atoms with Crippen molar-refractivity contribution in [2.24, 2.45) is 11.7 Å². The average Bonchev–Trinajstić information content (AvgIpc) is 2.80. The predicted octanol–water partition coefficient (Wildman–Crippen LogP) is 1.49. The van der Waals surface area contributed by atoms with Gasteiger partial charge < -0.3 is 20.5 Å². The molecular formula is C14H26N2O3. The number of aliphatic hydroxyl groups is 1. The Morgan fingerprint density at radius 1 is 1.42 bits per heavy atom. The molecule has 5 nitrogen and oxygen atoms in total. The first-order chi connectivity index (χ1) is 9.11. The van der Waals surface area contributed by atoms with E-state index in [9.17, 15) is 9.90 Å². The van der Waals surface area contributed by atoms with Gasteiger partial charge in [-0.2, -0.15) is 0 Å². The van der Waals surface area contributed by atoms with Crippen LogP contribution in [0.5, 0.6) is 0 Å². The highest BCUT2D eigenvalue weighted by molar-refractivity contribution is 5.69. The lowest BCUT2D eigenvalue weighted by Crippen LogP contribution is -2.45. The summed E-state index contributed by atoms with van der Waals surface area (Å²) in [5, 5.41) is 10.3. The summed E-state index contributed by atoms with van der Waals surface area (Å²) in [6.07, 6.45) is 5.58. The normalized spacial score (nSPS) is 28.3. The van der Waals surface area contributed by atoms with Crippen molar-refractivity contribution in [3.8, 4) is 0 Å². The molecule has 2 aliphatic rings. The third kappa shape index (κ3) is 3.60. The van der Waals surface area contributed by atoms with Crippen molar-refractivity contribution in [3.63, 3.8) is 0 Å². The number of amides is 1. The highest BCUT2D eigenvalue weighted by Crippen LogP contribution is 2.28. The Labute approximate surface area is 115 Å². The summed E-state index contributed by atoms with van der Waals surface area (Å²) in [6.45, 7) is 2.97. The molecule has 110 valence electrons. The van der Waals surface area contributed by atoms with E-state index in [1.807, 2.05) is 6.92 Å². The van der Waals surface area contributed by atoms with Crippen molar-refractivity contribution in [2.75, 3.05) is 13.1 Å². The molecule has 0 aromatic carbocycles. The third-order valence-corrected chi connectivity index (χ3v) is 4.44. The lowest BCUT2D eigenvalue weighted by atomic mass is 9.83. The number of nitrogens with zero attached hydrogens (tertiary/aromatic N) is 1. The predicted molar refractivity (Wildman–Crippen MR) is 72.7 cm³/mol. The molecule has 0 aromatic rings. The summed E-state index contributed by atoms with van der Waals surface area (Å²) in [5.74, 6) is 0.623. The molecule has 5 heteroatoms. The molecule has 2 fully saturated rings. The second kappa shape index (κ2) is 6.57. The Bertz CT molecular complexity index is 305. The number of carbonyl (C=O) groups is 1. The van der Waals surface area contributed by atoms with Crippen LogP contribution in [0.4, 0.5) is 4.79 Å². The van der Waals surface area contributed by atoms with Crippen molar-refractivity contribution in [1.82, 2.24) is 4.90 Å². The zero-order valence-electron chi connectivity index (χ0n) is 11.8. The van der Waals surface area contributed by atoms with Crippen molar-refractivity contribution in [1.29, 1.82) is 0 Å². The molecule has 3 N–H and O–H groups in total. The van der Waals surface area contributed by atoms with E-state index in [0.717, 1.165) is 6.42 Å². The van der Waals surface area contributed by atoms with Crippen LogP contribution in [0.2, 0.25) is 0 Å². The fourth-order valence-corrected chi connectivity index (χ4v) is 3.19. The van der Waals surface area contributed by atoms with Crippen LogP contribution in [0.3, 0.4) is 0 Å². The number of aliphatic hydroxyl groups excluding tert-OH is 1. The van der Waals surface area contributed by atoms with Crippen LogP contribution < -0.4 is 5.73 Å². The van der Waals surface area contributed by atoms with Crippen molar-refractivity contribution < 1.29 is 14.6 Å². The average molecular weight is 270 g/mol. The Kier molecular flexibility index (Phi) is 5.05. The molecule has 1 saturated carbocycles. The first-order valence-electron chi connectivity index (χ1n) is 7.51. The van der Waals surface area contributed by atoms with Gasteiger partial charge in [-0.25, -0.2) is 4.79 Å². The summed E-state index contributed by atoms with van der Waals surface area (Å²) in [6, 6.07) is -0.294. The minimum absolute atomic E-state index is 0.294. The highest BCUT2D eigenvalue weighted by atomic mass is 16.6. The number of rotatable bonds is 5. The fourth-order valence-electron chi connectivity index (χ4n) is 3.19. The summed E-state index contributed by atoms with van der Waals surface area (Å²) >= 11 is 0. The third-order valence-electron chi connectivity index (χ3n) is 4.44. The lowest BCUT2D eigenvalue weighted by molar-refractivity contribution is 0.0120. The summed E-state index contributed by atoms with van der Waals surface area (Å²) in [5.41, 5.74) is 6.10. The zero-order valence-corrected chi connectivity index (χ0v) is 11.8. The topological polar surface area (TPSA) is 75.8 Å². The van der Waals surface area contributed by atoms with Gasteiger partial charge in [-0.3, -0.25) is 0 Å². The first-order valence-corrected chi connectivity index (χ1v) is 7.51. The Morgan fingerprint density at radius 2 is 2.11 bits per heavy atom.